The lowest BCUT2D eigenvalue weighted by Gasteiger charge is -2.18. The number of carboxylic acid groups (broad SMARTS) is 1. The molecule has 4 aromatic rings. The van der Waals surface area contributed by atoms with Crippen LogP contribution in [-0.4, -0.2) is 20.6 Å². The van der Waals surface area contributed by atoms with Gasteiger partial charge in [-0.1, -0.05) is 30.3 Å². The third-order valence-electron chi connectivity index (χ3n) is 4.30. The predicted octanol–water partition coefficient (Wildman–Crippen LogP) is 4.90. The van der Waals surface area contributed by atoms with Gasteiger partial charge >= 0.3 is 5.97 Å². The van der Waals surface area contributed by atoms with Crippen LogP contribution in [0.2, 0.25) is 0 Å². The highest BCUT2D eigenvalue weighted by Crippen LogP contribution is 2.38. The molecule has 0 unspecified atom stereocenters. The predicted molar refractivity (Wildman–Crippen MR) is 101 cm³/mol. The Morgan fingerprint density at radius 3 is 2.19 bits per heavy atom. The van der Waals surface area contributed by atoms with Crippen molar-refractivity contribution < 1.29 is 9.90 Å². The second-order valence-corrected chi connectivity index (χ2v) is 5.92. The number of benzene rings is 2. The van der Waals surface area contributed by atoms with Gasteiger partial charge < -0.3 is 9.67 Å². The Bertz CT molecular complexity index is 1040. The van der Waals surface area contributed by atoms with Crippen molar-refractivity contribution in [1.29, 1.82) is 0 Å². The highest BCUT2D eigenvalue weighted by Gasteiger charge is 2.18. The molecule has 0 bridgehead atoms. The van der Waals surface area contributed by atoms with E-state index in [-0.39, 0.29) is 5.56 Å². The maximum atomic E-state index is 11.7. The van der Waals surface area contributed by atoms with E-state index in [4.69, 9.17) is 0 Å². The minimum Gasteiger partial charge on any atom is -0.478 e. The minimum absolute atomic E-state index is 0.250. The molecule has 0 fully saturated rings. The van der Waals surface area contributed by atoms with E-state index in [1.54, 1.807) is 24.5 Å². The first-order chi connectivity index (χ1) is 12.7. The number of aromatic carboxylic acids is 1. The van der Waals surface area contributed by atoms with E-state index in [1.165, 1.54) is 0 Å². The summed E-state index contributed by atoms with van der Waals surface area (Å²) in [6.45, 7) is 0. The van der Waals surface area contributed by atoms with Gasteiger partial charge in [0.1, 0.15) is 0 Å². The topological polar surface area (TPSA) is 55.1 Å². The van der Waals surface area contributed by atoms with Crippen LogP contribution >= 0.6 is 0 Å². The van der Waals surface area contributed by atoms with Crippen LogP contribution in [0.15, 0.2) is 91.5 Å². The number of pyridine rings is 1. The van der Waals surface area contributed by atoms with E-state index in [2.05, 4.69) is 4.98 Å². The van der Waals surface area contributed by atoms with Gasteiger partial charge in [0.2, 0.25) is 0 Å². The van der Waals surface area contributed by atoms with Crippen LogP contribution in [0.25, 0.3) is 27.9 Å². The molecule has 4 nitrogen and oxygen atoms in total. The molecule has 0 amide bonds. The summed E-state index contributed by atoms with van der Waals surface area (Å²) in [5.41, 5.74) is 4.88. The summed E-state index contributed by atoms with van der Waals surface area (Å²) >= 11 is 0. The molecule has 0 spiro atoms. The molecule has 0 aliphatic carbocycles. The summed E-state index contributed by atoms with van der Waals surface area (Å²) in [6.07, 6.45) is 7.27. The van der Waals surface area contributed by atoms with Crippen LogP contribution in [-0.2, 0) is 0 Å². The van der Waals surface area contributed by atoms with Crippen molar-refractivity contribution in [2.45, 2.75) is 0 Å². The second kappa shape index (κ2) is 6.69. The first kappa shape index (κ1) is 15.8. The van der Waals surface area contributed by atoms with E-state index in [1.807, 2.05) is 71.6 Å². The molecular weight excluding hydrogens is 324 g/mol. The summed E-state index contributed by atoms with van der Waals surface area (Å²) in [4.78, 5) is 15.8. The monoisotopic (exact) mass is 340 g/mol. The molecule has 0 saturated carbocycles. The molecule has 0 radical (unpaired) electrons. The molecular formula is C22H16N2O2. The van der Waals surface area contributed by atoms with Gasteiger partial charge in [-0.15, -0.1) is 0 Å². The van der Waals surface area contributed by atoms with Crippen LogP contribution < -0.4 is 0 Å². The standard InChI is InChI=1S/C22H16N2O2/c25-22(26)18-14-19(16-8-10-23-11-9-16)21(17-6-2-1-3-7-17)20(15-18)24-12-4-5-13-24/h1-15H,(H,25,26). The summed E-state index contributed by atoms with van der Waals surface area (Å²) in [5.74, 6) is -0.951. The molecule has 0 saturated heterocycles. The van der Waals surface area contributed by atoms with Gasteiger partial charge in [-0.25, -0.2) is 4.79 Å². The number of rotatable bonds is 4. The molecule has 126 valence electrons. The fourth-order valence-corrected chi connectivity index (χ4v) is 3.12. The van der Waals surface area contributed by atoms with Crippen LogP contribution in [0.3, 0.4) is 0 Å². The molecule has 0 aliphatic heterocycles. The molecule has 26 heavy (non-hydrogen) atoms. The molecule has 1 N–H and O–H groups in total. The van der Waals surface area contributed by atoms with E-state index < -0.39 is 5.97 Å². The molecule has 2 aromatic heterocycles. The fraction of sp³-hybridized carbons (Fsp3) is 0. The lowest BCUT2D eigenvalue weighted by Crippen LogP contribution is -2.03. The number of carbonyl (C=O) groups is 1. The Balaban J connectivity index is 2.10. The van der Waals surface area contributed by atoms with Crippen molar-refractivity contribution in [1.82, 2.24) is 9.55 Å². The van der Waals surface area contributed by atoms with Crippen molar-refractivity contribution in [3.8, 4) is 27.9 Å². The lowest BCUT2D eigenvalue weighted by atomic mass is 9.91. The van der Waals surface area contributed by atoms with Gasteiger partial charge in [0.25, 0.3) is 0 Å². The van der Waals surface area contributed by atoms with Gasteiger partial charge in [-0.2, -0.15) is 0 Å². The Hall–Kier alpha value is -3.66. The van der Waals surface area contributed by atoms with E-state index in [9.17, 15) is 9.90 Å². The quantitative estimate of drug-likeness (QED) is 0.574. The normalized spacial score (nSPS) is 10.6. The van der Waals surface area contributed by atoms with Crippen LogP contribution in [0.5, 0.6) is 0 Å². The van der Waals surface area contributed by atoms with Crippen LogP contribution in [0, 0.1) is 0 Å². The first-order valence-electron chi connectivity index (χ1n) is 8.24. The van der Waals surface area contributed by atoms with Crippen molar-refractivity contribution in [2.24, 2.45) is 0 Å². The van der Waals surface area contributed by atoms with Crippen molar-refractivity contribution >= 4 is 5.97 Å². The summed E-state index contributed by atoms with van der Waals surface area (Å²) in [5, 5.41) is 9.62. The van der Waals surface area contributed by atoms with Gasteiger partial charge in [-0.05, 0) is 53.1 Å². The SMILES string of the molecule is O=C(O)c1cc(-c2ccncc2)c(-c2ccccc2)c(-n2cccc2)c1. The molecule has 0 atom stereocenters. The first-order valence-corrected chi connectivity index (χ1v) is 8.24. The van der Waals surface area contributed by atoms with Gasteiger partial charge in [0.15, 0.2) is 0 Å². The zero-order chi connectivity index (χ0) is 17.9. The molecule has 0 aliphatic rings. The van der Waals surface area contributed by atoms with E-state index >= 15 is 0 Å². The number of hydrogen-bond acceptors (Lipinski definition) is 2. The van der Waals surface area contributed by atoms with Crippen molar-refractivity contribution in [2.75, 3.05) is 0 Å². The molecule has 4 rings (SSSR count). The Labute approximate surface area is 151 Å². The minimum atomic E-state index is -0.951. The largest absolute Gasteiger partial charge is 0.478 e. The molecule has 4 heteroatoms. The zero-order valence-corrected chi connectivity index (χ0v) is 13.9. The lowest BCUT2D eigenvalue weighted by molar-refractivity contribution is 0.0697. The number of hydrogen-bond donors (Lipinski definition) is 1. The maximum absolute atomic E-state index is 11.7. The molecule has 2 aromatic carbocycles. The van der Waals surface area contributed by atoms with Gasteiger partial charge in [-0.3, -0.25) is 4.98 Å². The highest BCUT2D eigenvalue weighted by molar-refractivity contribution is 5.97. The molecule has 2 heterocycles. The number of aromatic nitrogens is 2. The Morgan fingerprint density at radius 2 is 1.54 bits per heavy atom. The third kappa shape index (κ3) is 2.89. The number of nitrogens with zero attached hydrogens (tertiary/aromatic N) is 2. The average Bonchev–Trinajstić information content (AvgIpc) is 3.23. The Kier molecular flexibility index (Phi) is 4.07. The fourth-order valence-electron chi connectivity index (χ4n) is 3.12. The zero-order valence-electron chi connectivity index (χ0n) is 13.9. The highest BCUT2D eigenvalue weighted by atomic mass is 16.4. The van der Waals surface area contributed by atoms with Gasteiger partial charge in [0.05, 0.1) is 11.3 Å². The van der Waals surface area contributed by atoms with E-state index in [0.29, 0.717) is 0 Å². The number of carboxylic acids is 1. The smallest absolute Gasteiger partial charge is 0.335 e. The van der Waals surface area contributed by atoms with Crippen LogP contribution in [0.1, 0.15) is 10.4 Å². The maximum Gasteiger partial charge on any atom is 0.335 e. The van der Waals surface area contributed by atoms with Gasteiger partial charge in [0, 0.05) is 30.4 Å². The summed E-state index contributed by atoms with van der Waals surface area (Å²) in [6, 6.07) is 21.1. The average molecular weight is 340 g/mol. The Morgan fingerprint density at radius 1 is 0.846 bits per heavy atom. The van der Waals surface area contributed by atoms with E-state index in [0.717, 1.165) is 27.9 Å². The second-order valence-electron chi connectivity index (χ2n) is 5.92. The summed E-state index contributed by atoms with van der Waals surface area (Å²) in [7, 11) is 0. The van der Waals surface area contributed by atoms with Crippen LogP contribution in [0.4, 0.5) is 0 Å². The third-order valence-corrected chi connectivity index (χ3v) is 4.30. The summed E-state index contributed by atoms with van der Waals surface area (Å²) < 4.78 is 1.94. The van der Waals surface area contributed by atoms with Crippen molar-refractivity contribution in [3.05, 3.63) is 97.1 Å². The van der Waals surface area contributed by atoms with Crippen molar-refractivity contribution in [3.63, 3.8) is 0 Å².